The molecule has 2 aliphatic rings. The number of amides is 1. The number of piperidine rings is 1. The van der Waals surface area contributed by atoms with Crippen molar-refractivity contribution in [3.8, 4) is 0 Å². The number of carbonyl (C=O) groups excluding carboxylic acids is 1. The minimum absolute atomic E-state index is 0.120. The Bertz CT molecular complexity index is 1440. The number of carbonyl (C=O) groups is 1. The van der Waals surface area contributed by atoms with E-state index < -0.39 is 16.0 Å². The Morgan fingerprint density at radius 2 is 1.73 bits per heavy atom. The minimum atomic E-state index is -3.67. The number of likely N-dealkylation sites (tertiary alicyclic amines) is 1. The Morgan fingerprint density at radius 3 is 2.46 bits per heavy atom. The Hall–Kier alpha value is -3.00. The summed E-state index contributed by atoms with van der Waals surface area (Å²) in [5.74, 6) is -0.807. The predicted molar refractivity (Wildman–Crippen MR) is 145 cm³/mol. The van der Waals surface area contributed by atoms with Crippen LogP contribution in [0.2, 0.25) is 5.02 Å². The van der Waals surface area contributed by atoms with Crippen LogP contribution in [0.5, 0.6) is 0 Å². The zero-order valence-corrected chi connectivity index (χ0v) is 22.3. The van der Waals surface area contributed by atoms with Crippen molar-refractivity contribution in [2.75, 3.05) is 26.0 Å². The molecular weight excluding hydrogens is 508 g/mol. The van der Waals surface area contributed by atoms with Gasteiger partial charge in [-0.25, -0.2) is 0 Å². The molecule has 1 aliphatic carbocycles. The van der Waals surface area contributed by atoms with Crippen molar-refractivity contribution in [3.05, 3.63) is 105 Å². The Labute approximate surface area is 223 Å². The number of rotatable bonds is 5. The van der Waals surface area contributed by atoms with E-state index in [0.29, 0.717) is 25.9 Å². The first kappa shape index (κ1) is 25.6. The first-order chi connectivity index (χ1) is 17.8. The maximum atomic E-state index is 13.6. The van der Waals surface area contributed by atoms with Gasteiger partial charge in [-0.1, -0.05) is 59.6 Å². The molecule has 2 aromatic carbocycles. The van der Waals surface area contributed by atoms with Gasteiger partial charge in [0, 0.05) is 29.9 Å². The summed E-state index contributed by atoms with van der Waals surface area (Å²) in [6.07, 6.45) is 6.07. The quantitative estimate of drug-likeness (QED) is 0.428. The molecule has 0 bridgehead atoms. The standard InChI is InChI=1S/C29H29ClN2O4S/c1-37(34,35)36-19-26(20-6-3-2-4-7-20)29(33)32-16-13-21(14-17-32)27-25-12-11-24(30)18-23(25)10-9-22-8-5-15-31-28(22)27/h2-8,11-12,15,18,26H,9-10,13-14,16-17,19H2,1H3. The summed E-state index contributed by atoms with van der Waals surface area (Å²) in [7, 11) is -3.67. The summed E-state index contributed by atoms with van der Waals surface area (Å²) >= 11 is 6.34. The van der Waals surface area contributed by atoms with E-state index in [9.17, 15) is 13.2 Å². The summed E-state index contributed by atoms with van der Waals surface area (Å²) < 4.78 is 28.4. The number of hydrogen-bond acceptors (Lipinski definition) is 5. The molecule has 1 unspecified atom stereocenters. The number of nitrogens with zero attached hydrogens (tertiary/aromatic N) is 2. The molecule has 1 fully saturated rings. The summed E-state index contributed by atoms with van der Waals surface area (Å²) in [6, 6.07) is 19.4. The summed E-state index contributed by atoms with van der Waals surface area (Å²) in [5.41, 5.74) is 7.80. The van der Waals surface area contributed by atoms with Crippen LogP contribution < -0.4 is 0 Å². The highest BCUT2D eigenvalue weighted by Gasteiger charge is 2.31. The van der Waals surface area contributed by atoms with E-state index in [0.717, 1.165) is 41.0 Å². The molecule has 0 N–H and O–H groups in total. The molecule has 1 amide bonds. The van der Waals surface area contributed by atoms with E-state index in [-0.39, 0.29) is 12.5 Å². The lowest BCUT2D eigenvalue weighted by atomic mass is 9.88. The fraction of sp³-hybridized carbons (Fsp3) is 0.310. The average molecular weight is 537 g/mol. The third-order valence-corrected chi connectivity index (χ3v) is 7.91. The molecule has 6 nitrogen and oxygen atoms in total. The third-order valence-electron chi connectivity index (χ3n) is 7.11. The highest BCUT2D eigenvalue weighted by molar-refractivity contribution is 7.85. The number of aryl methyl sites for hydroxylation is 2. The smallest absolute Gasteiger partial charge is 0.264 e. The number of pyridine rings is 1. The third kappa shape index (κ3) is 5.79. The van der Waals surface area contributed by atoms with Crippen molar-refractivity contribution in [2.24, 2.45) is 0 Å². The van der Waals surface area contributed by atoms with Gasteiger partial charge < -0.3 is 4.90 Å². The first-order valence-corrected chi connectivity index (χ1v) is 14.6. The van der Waals surface area contributed by atoms with Crippen LogP contribution in [0.25, 0.3) is 5.57 Å². The van der Waals surface area contributed by atoms with E-state index in [4.69, 9.17) is 20.8 Å². The number of fused-ring (bicyclic) bond motifs is 2. The molecule has 3 aromatic rings. The fourth-order valence-corrected chi connectivity index (χ4v) is 5.87. The van der Waals surface area contributed by atoms with Crippen molar-refractivity contribution in [1.82, 2.24) is 9.88 Å². The summed E-state index contributed by atoms with van der Waals surface area (Å²) in [6.45, 7) is 0.882. The average Bonchev–Trinajstić information content (AvgIpc) is 3.05. The van der Waals surface area contributed by atoms with Crippen LogP contribution in [0.3, 0.4) is 0 Å². The number of halogens is 1. The predicted octanol–water partition coefficient (Wildman–Crippen LogP) is 5.02. The molecule has 5 rings (SSSR count). The maximum absolute atomic E-state index is 13.6. The SMILES string of the molecule is CS(=O)(=O)OCC(C(=O)N1CCC(=C2c3ccc(Cl)cc3CCc3cccnc32)CC1)c1ccccc1. The summed E-state index contributed by atoms with van der Waals surface area (Å²) in [5, 5.41) is 0.727. The van der Waals surface area contributed by atoms with Crippen LogP contribution in [0.1, 0.15) is 46.7 Å². The minimum Gasteiger partial charge on any atom is -0.341 e. The second-order valence-electron chi connectivity index (χ2n) is 9.57. The second-order valence-corrected chi connectivity index (χ2v) is 11.6. The topological polar surface area (TPSA) is 76.6 Å². The van der Waals surface area contributed by atoms with Crippen LogP contribution in [0, 0.1) is 0 Å². The Kier molecular flexibility index (Phi) is 7.47. The van der Waals surface area contributed by atoms with Crippen LogP contribution in [-0.4, -0.2) is 50.2 Å². The van der Waals surface area contributed by atoms with E-state index in [1.165, 1.54) is 22.3 Å². The zero-order valence-electron chi connectivity index (χ0n) is 20.7. The Balaban J connectivity index is 1.44. The van der Waals surface area contributed by atoms with Gasteiger partial charge in [-0.15, -0.1) is 0 Å². The van der Waals surface area contributed by atoms with Gasteiger partial charge in [0.2, 0.25) is 5.91 Å². The molecule has 1 aliphatic heterocycles. The first-order valence-electron chi connectivity index (χ1n) is 12.4. The molecule has 37 heavy (non-hydrogen) atoms. The highest BCUT2D eigenvalue weighted by Crippen LogP contribution is 2.38. The van der Waals surface area contributed by atoms with Crippen LogP contribution in [-0.2, 0) is 31.9 Å². The van der Waals surface area contributed by atoms with Crippen molar-refractivity contribution in [1.29, 1.82) is 0 Å². The van der Waals surface area contributed by atoms with Crippen molar-refractivity contribution in [2.45, 2.75) is 31.6 Å². The molecule has 0 spiro atoms. The molecule has 2 heterocycles. The lowest BCUT2D eigenvalue weighted by molar-refractivity contribution is -0.133. The van der Waals surface area contributed by atoms with Gasteiger partial charge in [-0.3, -0.25) is 14.0 Å². The van der Waals surface area contributed by atoms with E-state index in [1.807, 2.05) is 59.6 Å². The zero-order chi connectivity index (χ0) is 26.0. The van der Waals surface area contributed by atoms with Crippen molar-refractivity contribution in [3.63, 3.8) is 0 Å². The van der Waals surface area contributed by atoms with E-state index in [1.54, 1.807) is 0 Å². The molecule has 1 aromatic heterocycles. The van der Waals surface area contributed by atoms with Crippen LogP contribution >= 0.6 is 11.6 Å². The largest absolute Gasteiger partial charge is 0.341 e. The number of aromatic nitrogens is 1. The van der Waals surface area contributed by atoms with Gasteiger partial charge in [0.25, 0.3) is 10.1 Å². The molecular formula is C29H29ClN2O4S. The molecule has 192 valence electrons. The maximum Gasteiger partial charge on any atom is 0.264 e. The van der Waals surface area contributed by atoms with Gasteiger partial charge in [-0.2, -0.15) is 8.42 Å². The van der Waals surface area contributed by atoms with Crippen molar-refractivity contribution < 1.29 is 17.4 Å². The van der Waals surface area contributed by atoms with Crippen LogP contribution in [0.15, 0.2) is 72.4 Å². The van der Waals surface area contributed by atoms with Crippen molar-refractivity contribution >= 4 is 33.2 Å². The van der Waals surface area contributed by atoms with E-state index >= 15 is 0 Å². The number of hydrogen-bond donors (Lipinski definition) is 0. The highest BCUT2D eigenvalue weighted by atomic mass is 35.5. The number of benzene rings is 2. The monoisotopic (exact) mass is 536 g/mol. The lowest BCUT2D eigenvalue weighted by Crippen LogP contribution is -2.41. The van der Waals surface area contributed by atoms with Gasteiger partial charge in [0.15, 0.2) is 0 Å². The Morgan fingerprint density at radius 1 is 1.00 bits per heavy atom. The molecule has 0 radical (unpaired) electrons. The second kappa shape index (κ2) is 10.8. The van der Waals surface area contributed by atoms with Gasteiger partial charge in [-0.05, 0) is 66.1 Å². The normalized spacial score (nSPS) is 16.5. The molecule has 0 saturated carbocycles. The lowest BCUT2D eigenvalue weighted by Gasteiger charge is -2.33. The summed E-state index contributed by atoms with van der Waals surface area (Å²) in [4.78, 5) is 20.2. The van der Waals surface area contributed by atoms with E-state index in [2.05, 4.69) is 12.1 Å². The van der Waals surface area contributed by atoms with Crippen LogP contribution in [0.4, 0.5) is 0 Å². The van der Waals surface area contributed by atoms with Gasteiger partial charge in [0.05, 0.1) is 24.5 Å². The van der Waals surface area contributed by atoms with Gasteiger partial charge >= 0.3 is 0 Å². The molecule has 8 heteroatoms. The fourth-order valence-electron chi connectivity index (χ4n) is 5.29. The molecule has 1 atom stereocenters. The van der Waals surface area contributed by atoms with Gasteiger partial charge in [0.1, 0.15) is 0 Å². The molecule has 1 saturated heterocycles.